The van der Waals surface area contributed by atoms with Crippen LogP contribution in [-0.2, 0) is 4.57 Å². The van der Waals surface area contributed by atoms with Gasteiger partial charge in [0.05, 0.1) is 18.3 Å². The second-order valence-electron chi connectivity index (χ2n) is 9.73. The predicted octanol–water partition coefficient (Wildman–Crippen LogP) is 4.47. The van der Waals surface area contributed by atoms with E-state index < -0.39 is 19.6 Å². The average Bonchev–Trinajstić information content (AvgIpc) is 2.86. The van der Waals surface area contributed by atoms with Crippen molar-refractivity contribution in [3.63, 3.8) is 0 Å². The Kier molecular flexibility index (Phi) is 9.89. The van der Waals surface area contributed by atoms with Gasteiger partial charge < -0.3 is 20.2 Å². The molecule has 0 bridgehead atoms. The molecule has 170 valence electrons. The van der Waals surface area contributed by atoms with Gasteiger partial charge in [-0.3, -0.25) is 4.57 Å². The predicted molar refractivity (Wildman–Crippen MR) is 118 cm³/mol. The first-order valence-corrected chi connectivity index (χ1v) is 14.0. The van der Waals surface area contributed by atoms with Gasteiger partial charge in [-0.15, -0.1) is 0 Å². The summed E-state index contributed by atoms with van der Waals surface area (Å²) in [6.45, 7) is 3.58. The first kappa shape index (κ1) is 25.1. The fraction of sp³-hybridized carbons (Fsp3) is 0.913. The molecular formula is C23H43O5P. The van der Waals surface area contributed by atoms with E-state index in [9.17, 15) is 24.8 Å². The van der Waals surface area contributed by atoms with Crippen LogP contribution in [0.4, 0.5) is 0 Å². The van der Waals surface area contributed by atoms with Crippen LogP contribution in [0.2, 0.25) is 0 Å². The lowest BCUT2D eigenvalue weighted by Gasteiger charge is -2.45. The molecule has 2 aliphatic carbocycles. The van der Waals surface area contributed by atoms with Crippen LogP contribution in [0.25, 0.3) is 0 Å². The van der Waals surface area contributed by atoms with Crippen molar-refractivity contribution in [1.82, 2.24) is 0 Å². The van der Waals surface area contributed by atoms with Gasteiger partial charge >= 0.3 is 0 Å². The molecule has 0 aromatic rings. The standard InChI is InChI=1S/C23H43O5P/c1-3-13-23(14-9-15-23)22(26)12-8-11-19-18(20(24)17-21(19)25)10-6-4-5-7-16-29(2,27)28/h8,11,18-22,24-26H,3-7,9-10,12-17H2,1-2H3,(H,27,28)/t18-,19-,20?,21-,22?/m1/s1. The second-order valence-corrected chi connectivity index (χ2v) is 12.3. The molecule has 0 aliphatic heterocycles. The van der Waals surface area contributed by atoms with Crippen molar-refractivity contribution in [2.24, 2.45) is 17.3 Å². The molecule has 2 fully saturated rings. The highest BCUT2D eigenvalue weighted by Crippen LogP contribution is 2.48. The van der Waals surface area contributed by atoms with Gasteiger partial charge in [0, 0.05) is 25.2 Å². The quantitative estimate of drug-likeness (QED) is 0.196. The van der Waals surface area contributed by atoms with E-state index >= 15 is 0 Å². The molecule has 6 heteroatoms. The number of hydrogen-bond donors (Lipinski definition) is 4. The fourth-order valence-corrected chi connectivity index (χ4v) is 6.22. The van der Waals surface area contributed by atoms with Gasteiger partial charge in [0.2, 0.25) is 0 Å². The maximum atomic E-state index is 11.3. The fourth-order valence-electron chi connectivity index (χ4n) is 5.41. The van der Waals surface area contributed by atoms with E-state index in [2.05, 4.69) is 6.92 Å². The van der Waals surface area contributed by atoms with Crippen LogP contribution >= 0.6 is 7.37 Å². The summed E-state index contributed by atoms with van der Waals surface area (Å²) in [5.74, 6) is 0.0100. The van der Waals surface area contributed by atoms with E-state index in [0.717, 1.165) is 57.8 Å². The van der Waals surface area contributed by atoms with Crippen LogP contribution in [0.5, 0.6) is 0 Å². The lowest BCUT2D eigenvalue weighted by Crippen LogP contribution is -2.41. The van der Waals surface area contributed by atoms with Crippen LogP contribution < -0.4 is 0 Å². The minimum atomic E-state index is -2.90. The molecule has 0 aromatic heterocycles. The molecule has 2 rings (SSSR count). The molecule has 29 heavy (non-hydrogen) atoms. The maximum absolute atomic E-state index is 11.3. The van der Waals surface area contributed by atoms with Crippen molar-refractivity contribution in [1.29, 1.82) is 0 Å². The minimum Gasteiger partial charge on any atom is -0.393 e. The lowest BCUT2D eigenvalue weighted by molar-refractivity contribution is -0.0396. The van der Waals surface area contributed by atoms with Gasteiger partial charge in [-0.25, -0.2) is 0 Å². The van der Waals surface area contributed by atoms with E-state index in [1.165, 1.54) is 13.1 Å². The highest BCUT2D eigenvalue weighted by Gasteiger charge is 2.42. The summed E-state index contributed by atoms with van der Waals surface area (Å²) < 4.78 is 11.3. The summed E-state index contributed by atoms with van der Waals surface area (Å²) in [7, 11) is -2.90. The molecule has 0 saturated heterocycles. The molecule has 3 unspecified atom stereocenters. The van der Waals surface area contributed by atoms with Crippen molar-refractivity contribution in [3.8, 4) is 0 Å². The van der Waals surface area contributed by atoms with Crippen molar-refractivity contribution in [2.45, 2.75) is 102 Å². The molecule has 5 nitrogen and oxygen atoms in total. The Balaban J connectivity index is 1.78. The third-order valence-electron chi connectivity index (χ3n) is 7.30. The zero-order chi connectivity index (χ0) is 21.5. The van der Waals surface area contributed by atoms with Gasteiger partial charge in [-0.1, -0.05) is 51.2 Å². The second kappa shape index (κ2) is 11.4. The number of hydrogen-bond acceptors (Lipinski definition) is 4. The monoisotopic (exact) mass is 430 g/mol. The molecule has 0 spiro atoms. The van der Waals surface area contributed by atoms with Gasteiger partial charge in [0.25, 0.3) is 0 Å². The van der Waals surface area contributed by atoms with Crippen molar-refractivity contribution < 1.29 is 24.8 Å². The molecule has 4 N–H and O–H groups in total. The number of aliphatic hydroxyl groups is 3. The summed E-state index contributed by atoms with van der Waals surface area (Å²) in [6.07, 6.45) is 14.3. The number of rotatable bonds is 13. The topological polar surface area (TPSA) is 98.0 Å². The van der Waals surface area contributed by atoms with Crippen LogP contribution in [0.15, 0.2) is 12.2 Å². The summed E-state index contributed by atoms with van der Waals surface area (Å²) in [5.41, 5.74) is 0.101. The van der Waals surface area contributed by atoms with Crippen LogP contribution in [0.3, 0.4) is 0 Å². The Morgan fingerprint density at radius 3 is 2.41 bits per heavy atom. The first-order valence-electron chi connectivity index (χ1n) is 11.7. The van der Waals surface area contributed by atoms with Gasteiger partial charge in [0.15, 0.2) is 7.37 Å². The molecule has 0 heterocycles. The van der Waals surface area contributed by atoms with E-state index in [-0.39, 0.29) is 23.4 Å². The highest BCUT2D eigenvalue weighted by atomic mass is 31.2. The number of aliphatic hydroxyl groups excluding tert-OH is 3. The van der Waals surface area contributed by atoms with E-state index in [0.29, 0.717) is 19.0 Å². The number of unbranched alkanes of at least 4 members (excludes halogenated alkanes) is 3. The minimum absolute atomic E-state index is 0.0472. The normalized spacial score (nSPS) is 32.2. The Bertz CT molecular complexity index is 553. The molecule has 0 amide bonds. The van der Waals surface area contributed by atoms with E-state index in [1.807, 2.05) is 12.2 Å². The Labute approximate surface area is 177 Å². The van der Waals surface area contributed by atoms with Gasteiger partial charge in [0.1, 0.15) is 0 Å². The Morgan fingerprint density at radius 1 is 1.14 bits per heavy atom. The Hall–Kier alpha value is -0.190. The maximum Gasteiger partial charge on any atom is 0.197 e. The summed E-state index contributed by atoms with van der Waals surface area (Å²) in [6, 6.07) is 0. The molecule has 0 aromatic carbocycles. The average molecular weight is 431 g/mol. The Morgan fingerprint density at radius 2 is 1.83 bits per heavy atom. The van der Waals surface area contributed by atoms with Crippen molar-refractivity contribution in [3.05, 3.63) is 12.2 Å². The van der Waals surface area contributed by atoms with Crippen molar-refractivity contribution in [2.75, 3.05) is 12.8 Å². The summed E-state index contributed by atoms with van der Waals surface area (Å²) in [5, 5.41) is 31.5. The zero-order valence-corrected chi connectivity index (χ0v) is 19.3. The zero-order valence-electron chi connectivity index (χ0n) is 18.4. The molecular weight excluding hydrogens is 387 g/mol. The van der Waals surface area contributed by atoms with Gasteiger partial charge in [-0.2, -0.15) is 0 Å². The SMILES string of the molecule is CCCC1(C(O)CC=C[C@H]2[C@H](O)CC(O)[C@@H]2CCCCCCP(C)(=O)O)CCC1. The third-order valence-corrected chi connectivity index (χ3v) is 8.44. The highest BCUT2D eigenvalue weighted by molar-refractivity contribution is 7.57. The lowest BCUT2D eigenvalue weighted by atomic mass is 9.62. The molecule has 6 atom stereocenters. The smallest absolute Gasteiger partial charge is 0.197 e. The molecule has 2 saturated carbocycles. The van der Waals surface area contributed by atoms with E-state index in [1.54, 1.807) is 0 Å². The summed E-state index contributed by atoms with van der Waals surface area (Å²) in [4.78, 5) is 9.34. The van der Waals surface area contributed by atoms with Crippen molar-refractivity contribution >= 4 is 7.37 Å². The van der Waals surface area contributed by atoms with Crippen LogP contribution in [0, 0.1) is 17.3 Å². The van der Waals surface area contributed by atoms with Crippen LogP contribution in [0.1, 0.15) is 84.0 Å². The first-order chi connectivity index (χ1) is 13.7. The van der Waals surface area contributed by atoms with Gasteiger partial charge in [-0.05, 0) is 49.9 Å². The van der Waals surface area contributed by atoms with Crippen LogP contribution in [-0.4, -0.2) is 51.4 Å². The molecule has 2 aliphatic rings. The summed E-state index contributed by atoms with van der Waals surface area (Å²) >= 11 is 0. The largest absolute Gasteiger partial charge is 0.393 e. The third kappa shape index (κ3) is 7.47. The molecule has 0 radical (unpaired) electrons. The van der Waals surface area contributed by atoms with E-state index in [4.69, 9.17) is 0 Å².